The van der Waals surface area contributed by atoms with Crippen molar-refractivity contribution in [2.75, 3.05) is 0 Å². The van der Waals surface area contributed by atoms with Crippen LogP contribution in [0.2, 0.25) is 5.02 Å². The maximum Gasteiger partial charge on any atom is 0.163 e. The normalized spacial score (nSPS) is 10.3. The van der Waals surface area contributed by atoms with Crippen molar-refractivity contribution in [1.82, 2.24) is 9.55 Å². The van der Waals surface area contributed by atoms with E-state index in [0.29, 0.717) is 10.6 Å². The zero-order valence-corrected chi connectivity index (χ0v) is 8.90. The lowest BCUT2D eigenvalue weighted by Gasteiger charge is -2.08. The molecule has 0 aliphatic carbocycles. The summed E-state index contributed by atoms with van der Waals surface area (Å²) in [5.41, 5.74) is 1.28. The molecule has 1 aromatic heterocycles. The van der Waals surface area contributed by atoms with Gasteiger partial charge in [0.1, 0.15) is 0 Å². The Morgan fingerprint density at radius 3 is 2.87 bits per heavy atom. The average Bonchev–Trinajstić information content (AvgIpc) is 2.69. The molecule has 4 heteroatoms. The fourth-order valence-corrected chi connectivity index (χ4v) is 1.78. The van der Waals surface area contributed by atoms with Gasteiger partial charge in [0.15, 0.2) is 5.78 Å². The molecule has 0 radical (unpaired) electrons. The van der Waals surface area contributed by atoms with Crippen LogP contribution in [0.1, 0.15) is 17.3 Å². The van der Waals surface area contributed by atoms with E-state index < -0.39 is 0 Å². The van der Waals surface area contributed by atoms with Crippen molar-refractivity contribution < 1.29 is 4.79 Å². The summed E-state index contributed by atoms with van der Waals surface area (Å²) in [4.78, 5) is 15.4. The van der Waals surface area contributed by atoms with Gasteiger partial charge < -0.3 is 4.57 Å². The average molecular weight is 221 g/mol. The summed E-state index contributed by atoms with van der Waals surface area (Å²) in [5.74, 6) is -0.0516. The van der Waals surface area contributed by atoms with Gasteiger partial charge in [0.05, 0.1) is 22.6 Å². The third kappa shape index (κ3) is 1.78. The zero-order valence-electron chi connectivity index (χ0n) is 8.14. The largest absolute Gasteiger partial charge is 0.306 e. The summed E-state index contributed by atoms with van der Waals surface area (Å²) in [6.07, 6.45) is 5.07. The van der Waals surface area contributed by atoms with Crippen LogP contribution in [-0.4, -0.2) is 15.3 Å². The highest BCUT2D eigenvalue weighted by Gasteiger charge is 2.12. The van der Waals surface area contributed by atoms with Gasteiger partial charge in [-0.25, -0.2) is 4.98 Å². The minimum atomic E-state index is -0.0516. The van der Waals surface area contributed by atoms with Gasteiger partial charge in [-0.15, -0.1) is 0 Å². The van der Waals surface area contributed by atoms with Crippen molar-refractivity contribution >= 4 is 17.4 Å². The van der Waals surface area contributed by atoms with E-state index in [1.807, 2.05) is 12.1 Å². The van der Waals surface area contributed by atoms with Crippen LogP contribution in [0.15, 0.2) is 36.9 Å². The van der Waals surface area contributed by atoms with Crippen molar-refractivity contribution in [2.24, 2.45) is 0 Å². The highest BCUT2D eigenvalue weighted by Crippen LogP contribution is 2.23. The van der Waals surface area contributed by atoms with Gasteiger partial charge in [-0.05, 0) is 19.1 Å². The fourth-order valence-electron chi connectivity index (χ4n) is 1.48. The van der Waals surface area contributed by atoms with Gasteiger partial charge in [-0.1, -0.05) is 17.7 Å². The van der Waals surface area contributed by atoms with E-state index in [1.54, 1.807) is 29.4 Å². The molecule has 0 aliphatic rings. The highest BCUT2D eigenvalue weighted by atomic mass is 35.5. The van der Waals surface area contributed by atoms with E-state index in [0.717, 1.165) is 5.69 Å². The summed E-state index contributed by atoms with van der Waals surface area (Å²) in [6.45, 7) is 1.50. The maximum absolute atomic E-state index is 11.5. The van der Waals surface area contributed by atoms with E-state index in [9.17, 15) is 4.79 Å². The number of nitrogens with zero attached hydrogens (tertiary/aromatic N) is 2. The molecule has 0 saturated heterocycles. The molecule has 0 saturated carbocycles. The molecule has 1 heterocycles. The molecule has 0 aliphatic heterocycles. The van der Waals surface area contributed by atoms with Crippen LogP contribution in [0.3, 0.4) is 0 Å². The van der Waals surface area contributed by atoms with Crippen molar-refractivity contribution in [3.05, 3.63) is 47.5 Å². The van der Waals surface area contributed by atoms with Crippen LogP contribution in [0, 0.1) is 0 Å². The lowest BCUT2D eigenvalue weighted by Crippen LogP contribution is -2.02. The van der Waals surface area contributed by atoms with Gasteiger partial charge in [0.2, 0.25) is 0 Å². The minimum Gasteiger partial charge on any atom is -0.306 e. The lowest BCUT2D eigenvalue weighted by atomic mass is 10.1. The molecule has 0 spiro atoms. The number of carbonyl (C=O) groups is 1. The van der Waals surface area contributed by atoms with Crippen LogP contribution in [0.25, 0.3) is 5.69 Å². The molecular weight excluding hydrogens is 212 g/mol. The van der Waals surface area contributed by atoms with Crippen molar-refractivity contribution in [2.45, 2.75) is 6.92 Å². The molecule has 0 unspecified atom stereocenters. The zero-order chi connectivity index (χ0) is 10.8. The van der Waals surface area contributed by atoms with Gasteiger partial charge in [-0.3, -0.25) is 4.79 Å². The molecule has 1 aromatic carbocycles. The van der Waals surface area contributed by atoms with E-state index in [4.69, 9.17) is 11.6 Å². The van der Waals surface area contributed by atoms with Crippen molar-refractivity contribution in [3.8, 4) is 5.69 Å². The minimum absolute atomic E-state index is 0.0516. The molecule has 76 valence electrons. The Bertz CT molecular complexity index is 491. The second-order valence-electron chi connectivity index (χ2n) is 3.16. The van der Waals surface area contributed by atoms with Crippen LogP contribution in [0.5, 0.6) is 0 Å². The molecule has 0 N–H and O–H groups in total. The number of imidazole rings is 1. The Morgan fingerprint density at radius 1 is 1.47 bits per heavy atom. The number of ketones is 1. The molecule has 15 heavy (non-hydrogen) atoms. The Kier molecular flexibility index (Phi) is 2.56. The van der Waals surface area contributed by atoms with Gasteiger partial charge in [-0.2, -0.15) is 0 Å². The first-order chi connectivity index (χ1) is 7.20. The third-order valence-electron chi connectivity index (χ3n) is 2.13. The molecule has 0 amide bonds. The fraction of sp³-hybridized carbons (Fsp3) is 0.0909. The number of rotatable bonds is 2. The second-order valence-corrected chi connectivity index (χ2v) is 3.57. The SMILES string of the molecule is CC(=O)c1c(Cl)cccc1-n1ccnc1. The first-order valence-electron chi connectivity index (χ1n) is 4.48. The third-order valence-corrected chi connectivity index (χ3v) is 2.44. The Hall–Kier alpha value is -1.61. The number of Topliss-reactive ketones (excluding diaryl/α,β-unsaturated/α-hetero) is 1. The predicted molar refractivity (Wildman–Crippen MR) is 58.6 cm³/mol. The summed E-state index contributed by atoms with van der Waals surface area (Å²) < 4.78 is 1.77. The van der Waals surface area contributed by atoms with Gasteiger partial charge in [0.25, 0.3) is 0 Å². The summed E-state index contributed by atoms with van der Waals surface area (Å²) in [6, 6.07) is 5.35. The molecule has 0 bridgehead atoms. The highest BCUT2D eigenvalue weighted by molar-refractivity contribution is 6.34. The number of carbonyl (C=O) groups excluding carboxylic acids is 1. The van der Waals surface area contributed by atoms with Crippen LogP contribution in [-0.2, 0) is 0 Å². The van der Waals surface area contributed by atoms with Crippen molar-refractivity contribution in [3.63, 3.8) is 0 Å². The van der Waals surface area contributed by atoms with E-state index in [2.05, 4.69) is 4.98 Å². The number of hydrogen-bond donors (Lipinski definition) is 0. The first kappa shape index (κ1) is 9.93. The lowest BCUT2D eigenvalue weighted by molar-refractivity contribution is 0.101. The second kappa shape index (κ2) is 3.87. The smallest absolute Gasteiger partial charge is 0.163 e. The maximum atomic E-state index is 11.5. The summed E-state index contributed by atoms with van der Waals surface area (Å²) in [7, 11) is 0. The van der Waals surface area contributed by atoms with Gasteiger partial charge in [0, 0.05) is 12.4 Å². The van der Waals surface area contributed by atoms with Crippen LogP contribution >= 0.6 is 11.6 Å². The summed E-state index contributed by atoms with van der Waals surface area (Å²) >= 11 is 5.99. The Labute approximate surface area is 92.3 Å². The van der Waals surface area contributed by atoms with Crippen molar-refractivity contribution in [1.29, 1.82) is 0 Å². The Morgan fingerprint density at radius 2 is 2.27 bits per heavy atom. The van der Waals surface area contributed by atoms with E-state index >= 15 is 0 Å². The van der Waals surface area contributed by atoms with E-state index in [1.165, 1.54) is 6.92 Å². The quantitative estimate of drug-likeness (QED) is 0.730. The molecule has 0 fully saturated rings. The number of halogens is 1. The topological polar surface area (TPSA) is 34.9 Å². The van der Waals surface area contributed by atoms with Gasteiger partial charge >= 0.3 is 0 Å². The molecule has 2 aromatic rings. The monoisotopic (exact) mass is 220 g/mol. The Balaban J connectivity index is 2.66. The number of hydrogen-bond acceptors (Lipinski definition) is 2. The first-order valence-corrected chi connectivity index (χ1v) is 4.85. The predicted octanol–water partition coefficient (Wildman–Crippen LogP) is 2.73. The summed E-state index contributed by atoms with van der Waals surface area (Å²) in [5, 5.41) is 0.466. The van der Waals surface area contributed by atoms with Crippen LogP contribution in [0.4, 0.5) is 0 Å². The van der Waals surface area contributed by atoms with Crippen LogP contribution < -0.4 is 0 Å². The molecular formula is C11H9ClN2O. The van der Waals surface area contributed by atoms with E-state index in [-0.39, 0.29) is 5.78 Å². The molecule has 3 nitrogen and oxygen atoms in total. The number of aromatic nitrogens is 2. The molecule has 2 rings (SSSR count). The standard InChI is InChI=1S/C11H9ClN2O/c1-8(15)11-9(12)3-2-4-10(11)14-6-5-13-7-14/h2-7H,1H3. The number of benzene rings is 1. The molecule has 0 atom stereocenters.